The number of hydrogen-bond donors (Lipinski definition) is 0. The molecule has 1 aliphatic heterocycles. The molecule has 18 heavy (non-hydrogen) atoms. The second-order valence-electron chi connectivity index (χ2n) is 5.36. The molecule has 1 atom stereocenters. The van der Waals surface area contributed by atoms with E-state index in [9.17, 15) is 4.79 Å². The van der Waals surface area contributed by atoms with Gasteiger partial charge in [-0.25, -0.2) is 0 Å². The molecule has 0 N–H and O–H groups in total. The van der Waals surface area contributed by atoms with Gasteiger partial charge in [-0.3, -0.25) is 4.79 Å². The van der Waals surface area contributed by atoms with E-state index in [0.717, 1.165) is 25.3 Å². The third kappa shape index (κ3) is 2.22. The predicted molar refractivity (Wildman–Crippen MR) is 72.4 cm³/mol. The molecule has 2 heterocycles. The Hall–Kier alpha value is -0.770. The molecule has 1 saturated heterocycles. The van der Waals surface area contributed by atoms with Crippen LogP contribution in [0, 0.1) is 5.92 Å². The number of carbonyl (C=O) groups excluding carboxylic acids is 1. The minimum atomic E-state index is 0.0649. The molecular weight excluding hydrogens is 294 g/mol. The van der Waals surface area contributed by atoms with Crippen LogP contribution in [0.2, 0.25) is 0 Å². The molecule has 2 fully saturated rings. The zero-order valence-corrected chi connectivity index (χ0v) is 12.0. The predicted octanol–water partition coefficient (Wildman–Crippen LogP) is 3.84. The first-order valence-electron chi connectivity index (χ1n) is 6.82. The van der Waals surface area contributed by atoms with Crippen molar-refractivity contribution < 1.29 is 9.21 Å². The van der Waals surface area contributed by atoms with Crippen LogP contribution in [-0.4, -0.2) is 23.4 Å². The van der Waals surface area contributed by atoms with Crippen molar-refractivity contribution in [2.45, 2.75) is 44.6 Å². The highest BCUT2D eigenvalue weighted by molar-refractivity contribution is 9.10. The van der Waals surface area contributed by atoms with E-state index < -0.39 is 0 Å². The Kier molecular flexibility index (Phi) is 3.46. The molecule has 1 unspecified atom stereocenters. The number of hydrogen-bond acceptors (Lipinski definition) is 2. The van der Waals surface area contributed by atoms with Crippen molar-refractivity contribution in [3.63, 3.8) is 0 Å². The first kappa shape index (κ1) is 12.3. The Morgan fingerprint density at radius 2 is 2.00 bits per heavy atom. The molecule has 1 amide bonds. The summed E-state index contributed by atoms with van der Waals surface area (Å²) in [6.45, 7) is 0.887. The van der Waals surface area contributed by atoms with Crippen molar-refractivity contribution in [1.82, 2.24) is 4.90 Å². The van der Waals surface area contributed by atoms with Gasteiger partial charge in [-0.05, 0) is 59.7 Å². The lowest BCUT2D eigenvalue weighted by molar-refractivity contribution is 0.0655. The number of likely N-dealkylation sites (tertiary alicyclic amines) is 1. The van der Waals surface area contributed by atoms with Gasteiger partial charge in [0.05, 0.1) is 0 Å². The fraction of sp³-hybridized carbons (Fsp3) is 0.643. The Labute approximate surface area is 116 Å². The molecule has 1 saturated carbocycles. The third-order valence-electron chi connectivity index (χ3n) is 4.29. The highest BCUT2D eigenvalue weighted by atomic mass is 79.9. The number of halogens is 1. The van der Waals surface area contributed by atoms with Gasteiger partial charge in [-0.2, -0.15) is 0 Å². The molecule has 2 aliphatic rings. The zero-order chi connectivity index (χ0) is 12.5. The van der Waals surface area contributed by atoms with E-state index in [2.05, 4.69) is 15.9 Å². The fourth-order valence-electron chi connectivity index (χ4n) is 3.45. The summed E-state index contributed by atoms with van der Waals surface area (Å²) in [5.74, 6) is 1.25. The zero-order valence-electron chi connectivity index (χ0n) is 10.4. The Morgan fingerprint density at radius 3 is 2.67 bits per heavy atom. The van der Waals surface area contributed by atoms with Gasteiger partial charge >= 0.3 is 0 Å². The number of furan rings is 1. The summed E-state index contributed by atoms with van der Waals surface area (Å²) in [4.78, 5) is 14.5. The maximum Gasteiger partial charge on any atom is 0.289 e. The number of nitrogens with zero attached hydrogens (tertiary/aromatic N) is 1. The second kappa shape index (κ2) is 5.08. The lowest BCUT2D eigenvalue weighted by Gasteiger charge is -2.28. The van der Waals surface area contributed by atoms with Gasteiger partial charge in [0.2, 0.25) is 0 Å². The number of rotatable bonds is 2. The van der Waals surface area contributed by atoms with Crippen LogP contribution in [0.5, 0.6) is 0 Å². The average Bonchev–Trinajstić information content (AvgIpc) is 3.08. The summed E-state index contributed by atoms with van der Waals surface area (Å²) >= 11 is 3.25. The fourth-order valence-corrected chi connectivity index (χ4v) is 3.75. The van der Waals surface area contributed by atoms with Crippen LogP contribution in [0.15, 0.2) is 21.2 Å². The first-order valence-corrected chi connectivity index (χ1v) is 7.61. The van der Waals surface area contributed by atoms with Crippen LogP contribution >= 0.6 is 15.9 Å². The van der Waals surface area contributed by atoms with E-state index >= 15 is 0 Å². The lowest BCUT2D eigenvalue weighted by Crippen LogP contribution is -2.39. The summed E-state index contributed by atoms with van der Waals surface area (Å²) in [6.07, 6.45) is 7.53. The standard InChI is InChI=1S/C14H18BrNO2/c15-13-8-7-12(18-13)14(17)16-9-3-6-11(16)10-4-1-2-5-10/h7-8,10-11H,1-6,9H2. The Balaban J connectivity index is 1.75. The Bertz CT molecular complexity index is 437. The molecule has 3 nitrogen and oxygen atoms in total. The van der Waals surface area contributed by atoms with E-state index in [-0.39, 0.29) is 5.91 Å². The monoisotopic (exact) mass is 311 g/mol. The van der Waals surface area contributed by atoms with E-state index in [4.69, 9.17) is 4.42 Å². The SMILES string of the molecule is O=C(c1ccc(Br)o1)N1CCCC1C1CCCC1. The summed E-state index contributed by atoms with van der Waals surface area (Å²) in [6, 6.07) is 3.99. The van der Waals surface area contributed by atoms with Crippen LogP contribution in [0.4, 0.5) is 0 Å². The molecule has 0 aromatic carbocycles. The van der Waals surface area contributed by atoms with Crippen LogP contribution in [0.3, 0.4) is 0 Å². The van der Waals surface area contributed by atoms with Gasteiger partial charge < -0.3 is 9.32 Å². The summed E-state index contributed by atoms with van der Waals surface area (Å²) < 4.78 is 6.02. The quantitative estimate of drug-likeness (QED) is 0.831. The minimum Gasteiger partial charge on any atom is -0.444 e. The number of carbonyl (C=O) groups is 1. The van der Waals surface area contributed by atoms with E-state index in [1.165, 1.54) is 25.7 Å². The number of amides is 1. The van der Waals surface area contributed by atoms with Gasteiger partial charge in [-0.1, -0.05) is 12.8 Å². The molecule has 1 aliphatic carbocycles. The van der Waals surface area contributed by atoms with Crippen molar-refractivity contribution in [1.29, 1.82) is 0 Å². The van der Waals surface area contributed by atoms with Crippen molar-refractivity contribution in [2.75, 3.05) is 6.54 Å². The molecule has 1 aromatic rings. The van der Waals surface area contributed by atoms with Crippen LogP contribution in [0.1, 0.15) is 49.1 Å². The summed E-state index contributed by atoms with van der Waals surface area (Å²) in [5.41, 5.74) is 0. The first-order chi connectivity index (χ1) is 8.75. The third-order valence-corrected chi connectivity index (χ3v) is 4.71. The van der Waals surface area contributed by atoms with E-state index in [0.29, 0.717) is 16.5 Å². The van der Waals surface area contributed by atoms with Gasteiger partial charge in [0.1, 0.15) is 0 Å². The lowest BCUT2D eigenvalue weighted by atomic mass is 9.96. The van der Waals surface area contributed by atoms with Gasteiger partial charge in [0.15, 0.2) is 10.4 Å². The maximum atomic E-state index is 12.4. The average molecular weight is 312 g/mol. The molecule has 0 spiro atoms. The van der Waals surface area contributed by atoms with Crippen molar-refractivity contribution in [2.24, 2.45) is 5.92 Å². The Morgan fingerprint density at radius 1 is 1.22 bits per heavy atom. The molecule has 0 bridgehead atoms. The second-order valence-corrected chi connectivity index (χ2v) is 6.14. The molecular formula is C14H18BrNO2. The molecule has 4 heteroatoms. The molecule has 3 rings (SSSR count). The molecule has 1 aromatic heterocycles. The minimum absolute atomic E-state index is 0.0649. The molecule has 98 valence electrons. The van der Waals surface area contributed by atoms with E-state index in [1.807, 2.05) is 4.90 Å². The maximum absolute atomic E-state index is 12.4. The van der Waals surface area contributed by atoms with E-state index in [1.54, 1.807) is 12.1 Å². The van der Waals surface area contributed by atoms with Crippen LogP contribution in [-0.2, 0) is 0 Å². The summed E-state index contributed by atoms with van der Waals surface area (Å²) in [5, 5.41) is 0. The van der Waals surface area contributed by atoms with Crippen LogP contribution in [0.25, 0.3) is 0 Å². The summed E-state index contributed by atoms with van der Waals surface area (Å²) in [7, 11) is 0. The van der Waals surface area contributed by atoms with Crippen molar-refractivity contribution >= 4 is 21.8 Å². The smallest absolute Gasteiger partial charge is 0.289 e. The largest absolute Gasteiger partial charge is 0.444 e. The van der Waals surface area contributed by atoms with Crippen LogP contribution < -0.4 is 0 Å². The van der Waals surface area contributed by atoms with Gasteiger partial charge in [0.25, 0.3) is 5.91 Å². The normalized spacial score (nSPS) is 24.9. The van der Waals surface area contributed by atoms with Crippen molar-refractivity contribution in [3.8, 4) is 0 Å². The van der Waals surface area contributed by atoms with Crippen molar-refractivity contribution in [3.05, 3.63) is 22.6 Å². The highest BCUT2D eigenvalue weighted by Crippen LogP contribution is 2.36. The van der Waals surface area contributed by atoms with Gasteiger partial charge in [-0.15, -0.1) is 0 Å². The molecule has 0 radical (unpaired) electrons. The topological polar surface area (TPSA) is 33.5 Å². The van der Waals surface area contributed by atoms with Gasteiger partial charge in [0, 0.05) is 12.6 Å². The highest BCUT2D eigenvalue weighted by Gasteiger charge is 2.36.